The van der Waals surface area contributed by atoms with Gasteiger partial charge in [-0.2, -0.15) is 4.72 Å². The van der Waals surface area contributed by atoms with Gasteiger partial charge in [0, 0.05) is 0 Å². The van der Waals surface area contributed by atoms with Crippen molar-refractivity contribution in [3.05, 3.63) is 17.1 Å². The van der Waals surface area contributed by atoms with Crippen molar-refractivity contribution in [1.82, 2.24) is 4.72 Å². The van der Waals surface area contributed by atoms with E-state index in [2.05, 4.69) is 16.6 Å². The number of hydrogen-bond acceptors (Lipinski definition) is 4. The second-order valence-corrected chi connectivity index (χ2v) is 5.18. The van der Waals surface area contributed by atoms with E-state index in [9.17, 15) is 13.2 Å². The Hall–Kier alpha value is -1.78. The summed E-state index contributed by atoms with van der Waals surface area (Å²) in [6, 6.07) is 0. The average molecular weight is 271 g/mol. The van der Waals surface area contributed by atoms with Crippen LogP contribution >= 0.6 is 0 Å². The summed E-state index contributed by atoms with van der Waals surface area (Å²) in [4.78, 5) is 10.7. The van der Waals surface area contributed by atoms with Crippen molar-refractivity contribution in [3.63, 3.8) is 0 Å². The van der Waals surface area contributed by atoms with Crippen LogP contribution in [-0.2, 0) is 10.0 Å². The molecule has 0 aromatic carbocycles. The number of rotatable bonds is 4. The van der Waals surface area contributed by atoms with E-state index in [1.165, 1.54) is 13.8 Å². The molecule has 0 spiro atoms. The van der Waals surface area contributed by atoms with Crippen LogP contribution in [0.2, 0.25) is 0 Å². The smallest absolute Gasteiger partial charge is 0.340 e. The summed E-state index contributed by atoms with van der Waals surface area (Å²) >= 11 is 0. The molecule has 0 radical (unpaired) electrons. The second-order valence-electron chi connectivity index (χ2n) is 3.48. The summed E-state index contributed by atoms with van der Waals surface area (Å²) in [6.45, 7) is 4.30. The molecule has 0 saturated heterocycles. The zero-order valence-electron chi connectivity index (χ0n) is 10.2. The fourth-order valence-corrected chi connectivity index (χ4v) is 2.85. The molecule has 1 aromatic rings. The van der Waals surface area contributed by atoms with Crippen molar-refractivity contribution in [3.8, 4) is 11.8 Å². The fourth-order valence-electron chi connectivity index (χ4n) is 1.53. The SMILES string of the molecule is CC#CCNS(=O)(=O)c1c(C)oc(C)c1C(=O)O. The summed E-state index contributed by atoms with van der Waals surface area (Å²) < 4.78 is 31.2. The lowest BCUT2D eigenvalue weighted by Crippen LogP contribution is -2.26. The first-order chi connectivity index (χ1) is 8.31. The maximum Gasteiger partial charge on any atom is 0.340 e. The van der Waals surface area contributed by atoms with Crippen LogP contribution in [0.25, 0.3) is 0 Å². The molecule has 18 heavy (non-hydrogen) atoms. The predicted octanol–water partition coefficient (Wildman–Crippen LogP) is 0.896. The van der Waals surface area contributed by atoms with Crippen LogP contribution in [0.1, 0.15) is 28.8 Å². The molecule has 7 heteroatoms. The molecule has 0 aliphatic carbocycles. The average Bonchev–Trinajstić information content (AvgIpc) is 2.54. The minimum atomic E-state index is -3.95. The largest absolute Gasteiger partial charge is 0.478 e. The second kappa shape index (κ2) is 5.25. The van der Waals surface area contributed by atoms with E-state index in [4.69, 9.17) is 9.52 Å². The van der Waals surface area contributed by atoms with E-state index in [1.54, 1.807) is 6.92 Å². The van der Waals surface area contributed by atoms with Crippen LogP contribution in [0.4, 0.5) is 0 Å². The molecule has 0 aliphatic rings. The lowest BCUT2D eigenvalue weighted by atomic mass is 10.2. The molecule has 0 amide bonds. The first kappa shape index (κ1) is 14.3. The highest BCUT2D eigenvalue weighted by Gasteiger charge is 2.30. The molecule has 0 saturated carbocycles. The monoisotopic (exact) mass is 271 g/mol. The van der Waals surface area contributed by atoms with Crippen molar-refractivity contribution in [2.24, 2.45) is 0 Å². The third-order valence-electron chi connectivity index (χ3n) is 2.22. The first-order valence-corrected chi connectivity index (χ1v) is 6.52. The molecule has 0 fully saturated rings. The van der Waals surface area contributed by atoms with Gasteiger partial charge in [0.05, 0.1) is 6.54 Å². The summed E-state index contributed by atoms with van der Waals surface area (Å²) in [6.07, 6.45) is 0. The number of nitrogens with one attached hydrogen (secondary N) is 1. The quantitative estimate of drug-likeness (QED) is 0.793. The zero-order chi connectivity index (χ0) is 13.9. The fraction of sp³-hybridized carbons (Fsp3) is 0.364. The van der Waals surface area contributed by atoms with Gasteiger partial charge in [-0.3, -0.25) is 0 Å². The van der Waals surface area contributed by atoms with Gasteiger partial charge in [-0.1, -0.05) is 5.92 Å². The third-order valence-corrected chi connectivity index (χ3v) is 3.77. The summed E-state index contributed by atoms with van der Waals surface area (Å²) in [5.41, 5.74) is -0.343. The normalized spacial score (nSPS) is 10.8. The lowest BCUT2D eigenvalue weighted by molar-refractivity contribution is 0.0691. The molecule has 0 atom stereocenters. The maximum atomic E-state index is 12.0. The molecular formula is C11H13NO5S. The van der Waals surface area contributed by atoms with Gasteiger partial charge in [0.25, 0.3) is 0 Å². The molecule has 0 unspecified atom stereocenters. The standard InChI is InChI=1S/C11H13NO5S/c1-4-5-6-12-18(15,16)10-8(3)17-7(2)9(10)11(13)14/h12H,6H2,1-3H3,(H,13,14). The van der Waals surface area contributed by atoms with Gasteiger partial charge in [-0.05, 0) is 20.8 Å². The van der Waals surface area contributed by atoms with Crippen LogP contribution < -0.4 is 4.72 Å². The van der Waals surface area contributed by atoms with Gasteiger partial charge in [0.2, 0.25) is 10.0 Å². The van der Waals surface area contributed by atoms with Crippen LogP contribution in [-0.4, -0.2) is 26.0 Å². The molecule has 98 valence electrons. The van der Waals surface area contributed by atoms with Gasteiger partial charge in [-0.25, -0.2) is 13.2 Å². The van der Waals surface area contributed by atoms with Gasteiger partial charge >= 0.3 is 5.97 Å². The third kappa shape index (κ3) is 2.72. The molecule has 0 bridgehead atoms. The Morgan fingerprint density at radius 3 is 2.50 bits per heavy atom. The Morgan fingerprint density at radius 1 is 1.39 bits per heavy atom. The van der Waals surface area contributed by atoms with Crippen LogP contribution in [0.5, 0.6) is 0 Å². The molecular weight excluding hydrogens is 258 g/mol. The van der Waals surface area contributed by atoms with Gasteiger partial charge in [0.15, 0.2) is 0 Å². The van der Waals surface area contributed by atoms with Crippen LogP contribution in [0.3, 0.4) is 0 Å². The Labute approximate surface area is 105 Å². The van der Waals surface area contributed by atoms with E-state index in [0.29, 0.717) is 0 Å². The number of sulfonamides is 1. The highest BCUT2D eigenvalue weighted by molar-refractivity contribution is 7.89. The number of furan rings is 1. The zero-order valence-corrected chi connectivity index (χ0v) is 11.0. The minimum Gasteiger partial charge on any atom is -0.478 e. The van der Waals surface area contributed by atoms with Crippen molar-refractivity contribution >= 4 is 16.0 Å². The van der Waals surface area contributed by atoms with E-state index >= 15 is 0 Å². The lowest BCUT2D eigenvalue weighted by Gasteiger charge is -2.03. The highest BCUT2D eigenvalue weighted by atomic mass is 32.2. The number of carboxylic acid groups (broad SMARTS) is 1. The number of aromatic carboxylic acids is 1. The summed E-state index contributed by atoms with van der Waals surface area (Å²) in [5, 5.41) is 9.01. The topological polar surface area (TPSA) is 96.6 Å². The number of aryl methyl sites for hydroxylation is 2. The van der Waals surface area contributed by atoms with Crippen molar-refractivity contribution < 1.29 is 22.7 Å². The highest BCUT2D eigenvalue weighted by Crippen LogP contribution is 2.26. The summed E-state index contributed by atoms with van der Waals surface area (Å²) in [7, 11) is -3.95. The molecule has 0 aliphatic heterocycles. The minimum absolute atomic E-state index is 0.0434. The number of hydrogen-bond donors (Lipinski definition) is 2. The molecule has 1 aromatic heterocycles. The first-order valence-electron chi connectivity index (χ1n) is 5.03. The molecule has 6 nitrogen and oxygen atoms in total. The Morgan fingerprint density at radius 2 is 2.00 bits per heavy atom. The van der Waals surface area contributed by atoms with Crippen molar-refractivity contribution in [1.29, 1.82) is 0 Å². The Kier molecular flexibility index (Phi) is 4.16. The van der Waals surface area contributed by atoms with Crippen LogP contribution in [0.15, 0.2) is 9.31 Å². The molecule has 2 N–H and O–H groups in total. The predicted molar refractivity (Wildman–Crippen MR) is 63.8 cm³/mol. The Balaban J connectivity index is 3.30. The van der Waals surface area contributed by atoms with E-state index in [1.807, 2.05) is 0 Å². The van der Waals surface area contributed by atoms with Gasteiger partial charge in [0.1, 0.15) is 22.0 Å². The van der Waals surface area contributed by atoms with Gasteiger partial charge < -0.3 is 9.52 Å². The maximum absolute atomic E-state index is 12.0. The van der Waals surface area contributed by atoms with E-state index in [0.717, 1.165) is 0 Å². The van der Waals surface area contributed by atoms with E-state index < -0.39 is 16.0 Å². The molecule has 1 rings (SSSR count). The van der Waals surface area contributed by atoms with Crippen LogP contribution in [0, 0.1) is 25.7 Å². The Bertz CT molecular complexity index is 630. The number of carboxylic acids is 1. The van der Waals surface area contributed by atoms with E-state index in [-0.39, 0.29) is 28.5 Å². The van der Waals surface area contributed by atoms with Crippen molar-refractivity contribution in [2.75, 3.05) is 6.54 Å². The molecule has 1 heterocycles. The number of carbonyl (C=O) groups is 1. The van der Waals surface area contributed by atoms with Crippen molar-refractivity contribution in [2.45, 2.75) is 25.7 Å². The summed E-state index contributed by atoms with van der Waals surface area (Å²) in [5.74, 6) is 3.82. The van der Waals surface area contributed by atoms with Gasteiger partial charge in [-0.15, -0.1) is 5.92 Å².